The number of hydrogen-bond donors (Lipinski definition) is 1. The Hall–Kier alpha value is -1.93. The highest BCUT2D eigenvalue weighted by Crippen LogP contribution is 2.17. The van der Waals surface area contributed by atoms with Crippen molar-refractivity contribution < 1.29 is 17.9 Å². The molecule has 0 fully saturated rings. The molecule has 5 nitrogen and oxygen atoms in total. The van der Waals surface area contributed by atoms with E-state index >= 15 is 0 Å². The van der Waals surface area contributed by atoms with E-state index in [1.165, 1.54) is 0 Å². The van der Waals surface area contributed by atoms with Gasteiger partial charge in [-0.3, -0.25) is 4.57 Å². The maximum absolute atomic E-state index is 12.1. The fourth-order valence-electron chi connectivity index (χ4n) is 1.71. The van der Waals surface area contributed by atoms with Gasteiger partial charge in [0.2, 0.25) is 0 Å². The normalized spacial score (nSPS) is 11.8. The first kappa shape index (κ1) is 14.5. The molecule has 0 saturated heterocycles. The molecule has 0 bridgehead atoms. The number of alkyl halides is 3. The molecule has 0 unspecified atom stereocenters. The van der Waals surface area contributed by atoms with Crippen molar-refractivity contribution in [1.82, 2.24) is 14.8 Å². The molecule has 0 aliphatic heterocycles. The molecule has 2 rings (SSSR count). The highest BCUT2D eigenvalue weighted by molar-refractivity contribution is 5.33. The standard InChI is InChI=1S/C12H13F3N4O/c13-12(14,15)8-20-7-11-18-17-10(6-16)19(11)9-4-2-1-3-5-9/h1-5H,6-8,16H2. The third-order valence-corrected chi connectivity index (χ3v) is 2.49. The maximum Gasteiger partial charge on any atom is 0.411 e. The molecule has 0 radical (unpaired) electrons. The van der Waals surface area contributed by atoms with Crippen LogP contribution in [0.15, 0.2) is 30.3 Å². The monoisotopic (exact) mass is 286 g/mol. The van der Waals surface area contributed by atoms with Crippen molar-refractivity contribution in [2.24, 2.45) is 5.73 Å². The largest absolute Gasteiger partial charge is 0.411 e. The average molecular weight is 286 g/mol. The van der Waals surface area contributed by atoms with Crippen molar-refractivity contribution in [3.05, 3.63) is 42.0 Å². The van der Waals surface area contributed by atoms with Gasteiger partial charge in [-0.1, -0.05) is 18.2 Å². The lowest BCUT2D eigenvalue weighted by Crippen LogP contribution is -2.18. The summed E-state index contributed by atoms with van der Waals surface area (Å²) < 4.78 is 42.4. The van der Waals surface area contributed by atoms with Gasteiger partial charge in [0, 0.05) is 5.69 Å². The first-order valence-corrected chi connectivity index (χ1v) is 5.84. The van der Waals surface area contributed by atoms with E-state index in [1.54, 1.807) is 28.8 Å². The summed E-state index contributed by atoms with van der Waals surface area (Å²) in [4.78, 5) is 0. The molecule has 1 aromatic heterocycles. The lowest BCUT2D eigenvalue weighted by atomic mass is 10.3. The first-order chi connectivity index (χ1) is 9.51. The van der Waals surface area contributed by atoms with Crippen LogP contribution in [0.4, 0.5) is 13.2 Å². The van der Waals surface area contributed by atoms with Crippen LogP contribution < -0.4 is 5.73 Å². The van der Waals surface area contributed by atoms with Crippen molar-refractivity contribution in [2.45, 2.75) is 19.3 Å². The number of hydrogen-bond acceptors (Lipinski definition) is 4. The zero-order valence-corrected chi connectivity index (χ0v) is 10.5. The lowest BCUT2D eigenvalue weighted by Gasteiger charge is -2.10. The van der Waals surface area contributed by atoms with Crippen LogP contribution in [0.1, 0.15) is 11.6 Å². The zero-order valence-electron chi connectivity index (χ0n) is 10.5. The molecule has 0 atom stereocenters. The fourth-order valence-corrected chi connectivity index (χ4v) is 1.71. The molecule has 0 aliphatic rings. The molecule has 0 amide bonds. The van der Waals surface area contributed by atoms with E-state index in [2.05, 4.69) is 14.9 Å². The zero-order chi connectivity index (χ0) is 14.6. The van der Waals surface area contributed by atoms with Crippen molar-refractivity contribution in [3.63, 3.8) is 0 Å². The number of nitrogens with zero attached hydrogens (tertiary/aromatic N) is 3. The summed E-state index contributed by atoms with van der Waals surface area (Å²) in [5.74, 6) is 0.739. The summed E-state index contributed by atoms with van der Waals surface area (Å²) in [6.45, 7) is -1.49. The van der Waals surface area contributed by atoms with Crippen molar-refractivity contribution >= 4 is 0 Å². The van der Waals surface area contributed by atoms with Gasteiger partial charge in [-0.05, 0) is 12.1 Å². The van der Waals surface area contributed by atoms with Gasteiger partial charge < -0.3 is 10.5 Å². The van der Waals surface area contributed by atoms with E-state index in [4.69, 9.17) is 5.73 Å². The molecule has 0 aliphatic carbocycles. The molecule has 0 spiro atoms. The summed E-state index contributed by atoms with van der Waals surface area (Å²) in [5, 5.41) is 7.68. The summed E-state index contributed by atoms with van der Waals surface area (Å²) in [6, 6.07) is 9.01. The van der Waals surface area contributed by atoms with Crippen LogP contribution in [0.3, 0.4) is 0 Å². The topological polar surface area (TPSA) is 66.0 Å². The highest BCUT2D eigenvalue weighted by Gasteiger charge is 2.27. The fraction of sp³-hybridized carbons (Fsp3) is 0.333. The minimum absolute atomic E-state index is 0.126. The Morgan fingerprint density at radius 3 is 2.35 bits per heavy atom. The average Bonchev–Trinajstić information content (AvgIpc) is 2.81. The Kier molecular flexibility index (Phi) is 4.35. The van der Waals surface area contributed by atoms with Crippen LogP contribution in [0.25, 0.3) is 5.69 Å². The van der Waals surface area contributed by atoms with Crippen molar-refractivity contribution in [2.75, 3.05) is 6.61 Å². The Labute approximate surface area is 113 Å². The molecule has 8 heteroatoms. The Balaban J connectivity index is 2.20. The van der Waals surface area contributed by atoms with Crippen LogP contribution >= 0.6 is 0 Å². The van der Waals surface area contributed by atoms with Gasteiger partial charge in [0.1, 0.15) is 13.2 Å². The van der Waals surface area contributed by atoms with Gasteiger partial charge in [0.25, 0.3) is 0 Å². The summed E-state index contributed by atoms with van der Waals surface area (Å²) in [5.41, 5.74) is 6.28. The van der Waals surface area contributed by atoms with E-state index in [1.807, 2.05) is 6.07 Å². The van der Waals surface area contributed by atoms with Crippen LogP contribution in [-0.2, 0) is 17.9 Å². The van der Waals surface area contributed by atoms with Crippen LogP contribution in [0.2, 0.25) is 0 Å². The second kappa shape index (κ2) is 6.02. The van der Waals surface area contributed by atoms with Crippen molar-refractivity contribution in [1.29, 1.82) is 0 Å². The number of rotatable bonds is 5. The summed E-state index contributed by atoms with van der Waals surface area (Å²) in [6.07, 6.45) is -4.37. The van der Waals surface area contributed by atoms with Gasteiger partial charge in [-0.2, -0.15) is 13.2 Å². The molecular weight excluding hydrogens is 273 g/mol. The van der Waals surface area contributed by atoms with Crippen LogP contribution in [0.5, 0.6) is 0 Å². The number of aromatic nitrogens is 3. The maximum atomic E-state index is 12.1. The molecule has 2 aromatic rings. The van der Waals surface area contributed by atoms with E-state index in [-0.39, 0.29) is 19.0 Å². The Morgan fingerprint density at radius 2 is 1.75 bits per heavy atom. The molecular formula is C12H13F3N4O. The van der Waals surface area contributed by atoms with E-state index in [9.17, 15) is 13.2 Å². The molecule has 1 aromatic carbocycles. The van der Waals surface area contributed by atoms with Gasteiger partial charge in [-0.25, -0.2) is 0 Å². The number of para-hydroxylation sites is 1. The van der Waals surface area contributed by atoms with Gasteiger partial charge in [0.15, 0.2) is 11.6 Å². The number of halogens is 3. The smallest absolute Gasteiger partial charge is 0.364 e. The van der Waals surface area contributed by atoms with E-state index in [0.717, 1.165) is 5.69 Å². The third kappa shape index (κ3) is 3.55. The third-order valence-electron chi connectivity index (χ3n) is 2.49. The predicted molar refractivity (Wildman–Crippen MR) is 65.0 cm³/mol. The quantitative estimate of drug-likeness (QED) is 0.910. The van der Waals surface area contributed by atoms with Gasteiger partial charge in [-0.15, -0.1) is 10.2 Å². The predicted octanol–water partition coefficient (Wildman–Crippen LogP) is 1.80. The lowest BCUT2D eigenvalue weighted by molar-refractivity contribution is -0.177. The van der Waals surface area contributed by atoms with E-state index in [0.29, 0.717) is 5.82 Å². The SMILES string of the molecule is NCc1nnc(COCC(F)(F)F)n1-c1ccccc1. The van der Waals surface area contributed by atoms with Crippen LogP contribution in [0, 0.1) is 0 Å². The highest BCUT2D eigenvalue weighted by atomic mass is 19.4. The number of benzene rings is 1. The summed E-state index contributed by atoms with van der Waals surface area (Å²) >= 11 is 0. The van der Waals surface area contributed by atoms with E-state index < -0.39 is 12.8 Å². The van der Waals surface area contributed by atoms with Gasteiger partial charge in [0.05, 0.1) is 6.54 Å². The molecule has 0 saturated carbocycles. The Bertz CT molecular complexity index is 554. The minimum Gasteiger partial charge on any atom is -0.364 e. The Morgan fingerprint density at radius 1 is 1.10 bits per heavy atom. The van der Waals surface area contributed by atoms with Gasteiger partial charge >= 0.3 is 6.18 Å². The van der Waals surface area contributed by atoms with Crippen LogP contribution in [-0.4, -0.2) is 27.5 Å². The molecule has 2 N–H and O–H groups in total. The number of nitrogens with two attached hydrogens (primary N) is 1. The molecule has 1 heterocycles. The van der Waals surface area contributed by atoms with Crippen molar-refractivity contribution in [3.8, 4) is 5.69 Å². The molecule has 108 valence electrons. The summed E-state index contributed by atoms with van der Waals surface area (Å²) in [7, 11) is 0. The minimum atomic E-state index is -4.37. The second-order valence-corrected chi connectivity index (χ2v) is 4.02. The number of ether oxygens (including phenoxy) is 1. The first-order valence-electron chi connectivity index (χ1n) is 5.84. The molecule has 20 heavy (non-hydrogen) atoms. The second-order valence-electron chi connectivity index (χ2n) is 4.02.